The van der Waals surface area contributed by atoms with Crippen molar-refractivity contribution in [1.82, 2.24) is 0 Å². The number of rotatable bonds is 8. The molecule has 0 aromatic heterocycles. The van der Waals surface area contributed by atoms with Crippen LogP contribution in [0.15, 0.2) is 11.8 Å². The molecular weight excluding hydrogens is 218 g/mol. The Kier molecular flexibility index (Phi) is 6.88. The van der Waals surface area contributed by atoms with E-state index in [1.165, 1.54) is 0 Å². The van der Waals surface area contributed by atoms with Crippen LogP contribution in [0.1, 0.15) is 39.5 Å². The number of allylic oxidation sites excluding steroid dienone is 1. The molecule has 0 aromatic rings. The number of hydrogen-bond acceptors (Lipinski definition) is 3. The van der Waals surface area contributed by atoms with Crippen molar-refractivity contribution in [3.8, 4) is 0 Å². The molecule has 0 aromatic carbocycles. The average Bonchev–Trinajstić information content (AvgIpc) is 2.22. The number of carboxylic acid groups (broad SMARTS) is 1. The molecule has 0 heterocycles. The molecule has 4 nitrogen and oxygen atoms in total. The number of carbonyl (C=O) groups is 1. The van der Waals surface area contributed by atoms with E-state index in [2.05, 4.69) is 6.92 Å². The number of quaternary nitrogens is 1. The largest absolute Gasteiger partial charge is 0.544 e. The fraction of sp³-hybridized carbons (Fsp3) is 0.769. The van der Waals surface area contributed by atoms with E-state index in [0.717, 1.165) is 25.7 Å². The van der Waals surface area contributed by atoms with Crippen LogP contribution < -0.4 is 5.11 Å². The van der Waals surface area contributed by atoms with Crippen LogP contribution in [0.2, 0.25) is 0 Å². The van der Waals surface area contributed by atoms with E-state index < -0.39 is 12.0 Å². The number of aliphatic hydroxyl groups excluding tert-OH is 1. The summed E-state index contributed by atoms with van der Waals surface area (Å²) >= 11 is 0. The third kappa shape index (κ3) is 6.31. The maximum atomic E-state index is 10.8. The zero-order chi connectivity index (χ0) is 13.5. The molecular formula is C13H25NO3. The minimum Gasteiger partial charge on any atom is -0.544 e. The second-order valence-corrected chi connectivity index (χ2v) is 5.12. The van der Waals surface area contributed by atoms with Gasteiger partial charge in [0.25, 0.3) is 0 Å². The Balaban J connectivity index is 4.25. The van der Waals surface area contributed by atoms with Crippen molar-refractivity contribution in [3.05, 3.63) is 11.8 Å². The van der Waals surface area contributed by atoms with Crippen molar-refractivity contribution in [1.29, 1.82) is 0 Å². The molecule has 4 heteroatoms. The number of carboxylic acids is 1. The van der Waals surface area contributed by atoms with Gasteiger partial charge in [-0.3, -0.25) is 0 Å². The number of nitrogens with zero attached hydrogens (tertiary/aromatic N) is 1. The van der Waals surface area contributed by atoms with Gasteiger partial charge in [-0.1, -0.05) is 19.8 Å². The van der Waals surface area contributed by atoms with Crippen LogP contribution in [0.5, 0.6) is 0 Å². The Labute approximate surface area is 104 Å². The highest BCUT2D eigenvalue weighted by molar-refractivity contribution is 5.69. The van der Waals surface area contributed by atoms with Crippen molar-refractivity contribution in [2.75, 3.05) is 20.6 Å². The molecule has 1 N–H and O–H groups in total. The molecule has 1 unspecified atom stereocenters. The highest BCUT2D eigenvalue weighted by Crippen LogP contribution is 2.10. The number of unbranched alkanes of at least 4 members (excludes halogenated alkanes) is 3. The quantitative estimate of drug-likeness (QED) is 0.396. The first-order valence-corrected chi connectivity index (χ1v) is 6.22. The van der Waals surface area contributed by atoms with Gasteiger partial charge in [-0.15, -0.1) is 0 Å². The van der Waals surface area contributed by atoms with Crippen LogP contribution in [0.4, 0.5) is 0 Å². The van der Waals surface area contributed by atoms with Crippen LogP contribution in [-0.4, -0.2) is 42.2 Å². The summed E-state index contributed by atoms with van der Waals surface area (Å²) in [5.74, 6) is -0.826. The average molecular weight is 243 g/mol. The van der Waals surface area contributed by atoms with Gasteiger partial charge in [-0.05, 0) is 25.8 Å². The third-order valence-corrected chi connectivity index (χ3v) is 3.15. The highest BCUT2D eigenvalue weighted by Gasteiger charge is 2.26. The number of aliphatic carboxylic acids is 1. The lowest BCUT2D eigenvalue weighted by atomic mass is 10.2. The van der Waals surface area contributed by atoms with E-state index in [-0.39, 0.29) is 10.2 Å². The van der Waals surface area contributed by atoms with Gasteiger partial charge in [0.05, 0.1) is 20.1 Å². The second-order valence-electron chi connectivity index (χ2n) is 5.12. The molecule has 0 rings (SSSR count). The minimum atomic E-state index is -1.09. The number of carbonyl (C=O) groups excluding carboxylic acids is 1. The van der Waals surface area contributed by atoms with Crippen LogP contribution in [0.25, 0.3) is 0 Å². The van der Waals surface area contributed by atoms with Gasteiger partial charge < -0.3 is 19.5 Å². The van der Waals surface area contributed by atoms with Gasteiger partial charge in [0.2, 0.25) is 0 Å². The molecule has 0 aliphatic heterocycles. The zero-order valence-electron chi connectivity index (χ0n) is 11.4. The number of hydrogen-bond donors (Lipinski definition) is 1. The molecule has 17 heavy (non-hydrogen) atoms. The Morgan fingerprint density at radius 3 is 2.47 bits per heavy atom. The Bertz CT molecular complexity index is 272. The summed E-state index contributed by atoms with van der Waals surface area (Å²) in [7, 11) is 3.55. The molecule has 0 aliphatic rings. The highest BCUT2D eigenvalue weighted by atomic mass is 16.4. The summed E-state index contributed by atoms with van der Waals surface area (Å²) in [6, 6.07) is -0.638. The minimum absolute atomic E-state index is 0.193. The molecule has 0 bridgehead atoms. The molecule has 0 amide bonds. The van der Waals surface area contributed by atoms with Gasteiger partial charge in [0, 0.05) is 0 Å². The summed E-state index contributed by atoms with van der Waals surface area (Å²) in [6.07, 6.45) is 6.00. The Morgan fingerprint density at radius 2 is 2.00 bits per heavy atom. The van der Waals surface area contributed by atoms with Crippen molar-refractivity contribution in [3.63, 3.8) is 0 Å². The lowest BCUT2D eigenvalue weighted by Gasteiger charge is -2.36. The molecule has 0 spiro atoms. The van der Waals surface area contributed by atoms with E-state index in [4.69, 9.17) is 0 Å². The number of likely N-dealkylation sites (N-methyl/N-ethyl adjacent to an activating group) is 1. The molecule has 0 fully saturated rings. The summed E-state index contributed by atoms with van der Waals surface area (Å²) in [4.78, 5) is 10.8. The predicted molar refractivity (Wildman–Crippen MR) is 66.3 cm³/mol. The molecule has 1 atom stereocenters. The van der Waals surface area contributed by atoms with Crippen LogP contribution >= 0.6 is 0 Å². The van der Waals surface area contributed by atoms with Crippen LogP contribution in [-0.2, 0) is 4.79 Å². The summed E-state index contributed by atoms with van der Waals surface area (Å²) in [5, 5.41) is 20.5. The lowest BCUT2D eigenvalue weighted by Crippen LogP contribution is -2.56. The summed E-state index contributed by atoms with van der Waals surface area (Å²) < 4.78 is 0.193. The lowest BCUT2D eigenvalue weighted by molar-refractivity contribution is -0.903. The van der Waals surface area contributed by atoms with Crippen molar-refractivity contribution < 1.29 is 19.5 Å². The van der Waals surface area contributed by atoms with Gasteiger partial charge in [0.15, 0.2) is 0 Å². The van der Waals surface area contributed by atoms with E-state index in [9.17, 15) is 15.0 Å². The maximum Gasteiger partial charge on any atom is 0.143 e. The normalized spacial score (nSPS) is 14.7. The SMILES string of the molecule is CCCCC/C=C(\O)C[N+](C)(C)C(C)C(=O)[O-]. The first kappa shape index (κ1) is 16.0. The standard InChI is InChI=1S/C13H25NO3/c1-5-6-7-8-9-12(15)10-14(3,4)11(2)13(16)17/h9,11H,5-8,10H2,1-4H3,(H-,15,16,17)/b12-9-. The topological polar surface area (TPSA) is 60.4 Å². The second kappa shape index (κ2) is 7.33. The monoisotopic (exact) mass is 243 g/mol. The van der Waals surface area contributed by atoms with Gasteiger partial charge in [-0.2, -0.15) is 0 Å². The molecule has 0 aliphatic carbocycles. The maximum absolute atomic E-state index is 10.8. The first-order valence-electron chi connectivity index (χ1n) is 6.22. The third-order valence-electron chi connectivity index (χ3n) is 3.15. The van der Waals surface area contributed by atoms with E-state index in [1.807, 2.05) is 0 Å². The van der Waals surface area contributed by atoms with Crippen molar-refractivity contribution in [2.24, 2.45) is 0 Å². The molecule has 0 saturated carbocycles. The first-order chi connectivity index (χ1) is 7.81. The predicted octanol–water partition coefficient (Wildman–Crippen LogP) is 1.22. The van der Waals surface area contributed by atoms with E-state index in [0.29, 0.717) is 6.54 Å². The van der Waals surface area contributed by atoms with Crippen molar-refractivity contribution in [2.45, 2.75) is 45.6 Å². The van der Waals surface area contributed by atoms with Crippen LogP contribution in [0.3, 0.4) is 0 Å². The smallest absolute Gasteiger partial charge is 0.143 e. The molecule has 0 radical (unpaired) electrons. The van der Waals surface area contributed by atoms with Crippen molar-refractivity contribution >= 4 is 5.97 Å². The summed E-state index contributed by atoms with van der Waals surface area (Å²) in [5.41, 5.74) is 0. The Morgan fingerprint density at radius 1 is 1.41 bits per heavy atom. The molecule has 100 valence electrons. The Hall–Kier alpha value is -1.03. The zero-order valence-corrected chi connectivity index (χ0v) is 11.4. The van der Waals surface area contributed by atoms with E-state index >= 15 is 0 Å². The fourth-order valence-corrected chi connectivity index (χ4v) is 1.57. The summed E-state index contributed by atoms with van der Waals surface area (Å²) in [6.45, 7) is 4.05. The van der Waals surface area contributed by atoms with Gasteiger partial charge >= 0.3 is 0 Å². The van der Waals surface area contributed by atoms with Gasteiger partial charge in [-0.25, -0.2) is 0 Å². The van der Waals surface area contributed by atoms with Gasteiger partial charge in [0.1, 0.15) is 18.3 Å². The van der Waals surface area contributed by atoms with Crippen LogP contribution in [0, 0.1) is 0 Å². The number of aliphatic hydroxyl groups is 1. The van der Waals surface area contributed by atoms with E-state index in [1.54, 1.807) is 27.1 Å². The fourth-order valence-electron chi connectivity index (χ4n) is 1.57. The molecule has 0 saturated heterocycles.